The van der Waals surface area contributed by atoms with E-state index < -0.39 is 20.0 Å². The van der Waals surface area contributed by atoms with Crippen molar-refractivity contribution in [1.82, 2.24) is 13.6 Å². The van der Waals surface area contributed by atoms with Crippen LogP contribution in [0.2, 0.25) is 0 Å². The topological polar surface area (TPSA) is 87.7 Å². The van der Waals surface area contributed by atoms with E-state index in [-0.39, 0.29) is 31.1 Å². The smallest absolute Gasteiger partial charge is 0.244 e. The molecule has 0 unspecified atom stereocenters. The lowest BCUT2D eigenvalue weighted by molar-refractivity contribution is 0.274. The summed E-state index contributed by atoms with van der Waals surface area (Å²) in [6, 6.07) is 1.48. The molecule has 0 saturated carbocycles. The molecule has 1 saturated heterocycles. The summed E-state index contributed by atoms with van der Waals surface area (Å²) in [6.45, 7) is 0.614. The molecule has 1 fully saturated rings. The molecular weight excluding hydrogens is 370 g/mol. The van der Waals surface area contributed by atoms with Crippen molar-refractivity contribution in [2.24, 2.45) is 0 Å². The highest BCUT2D eigenvalue weighted by molar-refractivity contribution is 9.10. The first-order chi connectivity index (χ1) is 9.21. The first-order valence-corrected chi connectivity index (χ1v) is 9.85. The number of halogens is 1. The maximum atomic E-state index is 12.4. The highest BCUT2D eigenvalue weighted by Gasteiger charge is 2.31. The van der Waals surface area contributed by atoms with Gasteiger partial charge in [0.1, 0.15) is 4.90 Å². The predicted molar refractivity (Wildman–Crippen MR) is 77.1 cm³/mol. The van der Waals surface area contributed by atoms with Crippen molar-refractivity contribution in [2.45, 2.75) is 4.90 Å². The van der Waals surface area contributed by atoms with Gasteiger partial charge in [0.2, 0.25) is 20.0 Å². The normalized spacial score (nSPS) is 19.1. The van der Waals surface area contributed by atoms with Crippen LogP contribution in [-0.2, 0) is 20.0 Å². The van der Waals surface area contributed by atoms with E-state index in [1.165, 1.54) is 27.1 Å². The molecule has 20 heavy (non-hydrogen) atoms. The van der Waals surface area contributed by atoms with Crippen molar-refractivity contribution in [1.29, 1.82) is 0 Å². The van der Waals surface area contributed by atoms with E-state index in [0.717, 1.165) is 6.26 Å². The SMILES string of the molecule is CS(=O)(=O)N1CCN(S(=O)(=O)c2cncc(Br)c2)CC1. The quantitative estimate of drug-likeness (QED) is 0.738. The maximum absolute atomic E-state index is 12.4. The molecule has 1 aromatic heterocycles. The Kier molecular flexibility index (Phi) is 4.50. The number of sulfonamides is 2. The zero-order valence-electron chi connectivity index (χ0n) is 10.7. The largest absolute Gasteiger partial charge is 0.262 e. The van der Waals surface area contributed by atoms with Crippen LogP contribution in [0.15, 0.2) is 27.8 Å². The summed E-state index contributed by atoms with van der Waals surface area (Å²) in [5, 5.41) is 0. The first-order valence-electron chi connectivity index (χ1n) is 5.77. The van der Waals surface area contributed by atoms with Crippen LogP contribution in [0.3, 0.4) is 0 Å². The summed E-state index contributed by atoms with van der Waals surface area (Å²) in [7, 11) is -6.91. The summed E-state index contributed by atoms with van der Waals surface area (Å²) >= 11 is 3.18. The molecule has 2 heterocycles. The molecule has 0 aromatic carbocycles. The van der Waals surface area contributed by atoms with Gasteiger partial charge in [0, 0.05) is 43.0 Å². The van der Waals surface area contributed by atoms with Gasteiger partial charge in [-0.3, -0.25) is 4.98 Å². The minimum absolute atomic E-state index is 0.0969. The van der Waals surface area contributed by atoms with Crippen LogP contribution in [0.5, 0.6) is 0 Å². The maximum Gasteiger partial charge on any atom is 0.244 e. The molecule has 1 aliphatic heterocycles. The van der Waals surface area contributed by atoms with E-state index in [0.29, 0.717) is 4.47 Å². The van der Waals surface area contributed by atoms with Crippen molar-refractivity contribution in [3.05, 3.63) is 22.9 Å². The molecule has 1 aliphatic rings. The molecule has 112 valence electrons. The predicted octanol–water partition coefficient (Wildman–Crippen LogP) is 0.110. The van der Waals surface area contributed by atoms with E-state index in [2.05, 4.69) is 20.9 Å². The summed E-state index contributed by atoms with van der Waals surface area (Å²) < 4.78 is 50.7. The average Bonchev–Trinajstić information content (AvgIpc) is 2.38. The number of hydrogen-bond donors (Lipinski definition) is 0. The minimum atomic E-state index is -3.63. The van der Waals surface area contributed by atoms with Gasteiger partial charge in [-0.15, -0.1) is 0 Å². The highest BCUT2D eigenvalue weighted by Crippen LogP contribution is 2.20. The second-order valence-electron chi connectivity index (χ2n) is 4.40. The van der Waals surface area contributed by atoms with Gasteiger partial charge in [0.25, 0.3) is 0 Å². The highest BCUT2D eigenvalue weighted by atomic mass is 79.9. The van der Waals surface area contributed by atoms with Gasteiger partial charge in [0.05, 0.1) is 6.26 Å². The molecule has 0 spiro atoms. The van der Waals surface area contributed by atoms with Crippen molar-refractivity contribution in [3.8, 4) is 0 Å². The van der Waals surface area contributed by atoms with E-state index in [1.807, 2.05) is 0 Å². The molecule has 0 radical (unpaired) electrons. The third-order valence-electron chi connectivity index (χ3n) is 2.98. The number of hydrogen-bond acceptors (Lipinski definition) is 5. The van der Waals surface area contributed by atoms with Gasteiger partial charge in [-0.1, -0.05) is 0 Å². The lowest BCUT2D eigenvalue weighted by Crippen LogP contribution is -2.50. The van der Waals surface area contributed by atoms with Crippen LogP contribution < -0.4 is 0 Å². The molecule has 0 aliphatic carbocycles. The molecular formula is C10H14BrN3O4S2. The Morgan fingerprint density at radius 1 is 1.05 bits per heavy atom. The fourth-order valence-electron chi connectivity index (χ4n) is 1.92. The number of aromatic nitrogens is 1. The Morgan fingerprint density at radius 3 is 2.10 bits per heavy atom. The summed E-state index contributed by atoms with van der Waals surface area (Å²) in [4.78, 5) is 3.94. The van der Waals surface area contributed by atoms with Crippen LogP contribution in [0, 0.1) is 0 Å². The van der Waals surface area contributed by atoms with E-state index in [4.69, 9.17) is 0 Å². The molecule has 7 nitrogen and oxygen atoms in total. The van der Waals surface area contributed by atoms with Crippen LogP contribution in [-0.4, -0.2) is 62.9 Å². The van der Waals surface area contributed by atoms with E-state index in [1.54, 1.807) is 0 Å². The minimum Gasteiger partial charge on any atom is -0.262 e. The molecule has 1 aromatic rings. The van der Waals surface area contributed by atoms with Crippen LogP contribution in [0.25, 0.3) is 0 Å². The van der Waals surface area contributed by atoms with Gasteiger partial charge >= 0.3 is 0 Å². The fraction of sp³-hybridized carbons (Fsp3) is 0.500. The Balaban J connectivity index is 2.18. The Bertz CT molecular complexity index is 697. The number of piperazine rings is 1. The number of nitrogens with zero attached hydrogens (tertiary/aromatic N) is 3. The van der Waals surface area contributed by atoms with Crippen LogP contribution in [0.1, 0.15) is 0 Å². The van der Waals surface area contributed by atoms with Gasteiger partial charge in [-0.05, 0) is 22.0 Å². The third-order valence-corrected chi connectivity index (χ3v) is 6.59. The lowest BCUT2D eigenvalue weighted by Gasteiger charge is -2.32. The van der Waals surface area contributed by atoms with Gasteiger partial charge in [-0.2, -0.15) is 8.61 Å². The van der Waals surface area contributed by atoms with E-state index in [9.17, 15) is 16.8 Å². The van der Waals surface area contributed by atoms with Crippen LogP contribution in [0.4, 0.5) is 0 Å². The van der Waals surface area contributed by atoms with Gasteiger partial charge in [0.15, 0.2) is 0 Å². The molecule has 10 heteroatoms. The van der Waals surface area contributed by atoms with Crippen molar-refractivity contribution in [2.75, 3.05) is 32.4 Å². The number of rotatable bonds is 3. The Morgan fingerprint density at radius 2 is 1.60 bits per heavy atom. The summed E-state index contributed by atoms with van der Waals surface area (Å²) in [5.74, 6) is 0. The van der Waals surface area contributed by atoms with Crippen LogP contribution >= 0.6 is 15.9 Å². The van der Waals surface area contributed by atoms with E-state index >= 15 is 0 Å². The van der Waals surface area contributed by atoms with Gasteiger partial charge in [-0.25, -0.2) is 16.8 Å². The molecule has 0 bridgehead atoms. The lowest BCUT2D eigenvalue weighted by atomic mass is 10.4. The van der Waals surface area contributed by atoms with Crippen molar-refractivity contribution >= 4 is 36.0 Å². The zero-order chi connectivity index (χ0) is 15.0. The Hall–Kier alpha value is -0.550. The fourth-order valence-corrected chi connectivity index (χ4v) is 4.68. The molecule has 0 N–H and O–H groups in total. The second-order valence-corrected chi connectivity index (χ2v) is 9.24. The third kappa shape index (κ3) is 3.37. The average molecular weight is 384 g/mol. The summed E-state index contributed by atoms with van der Waals surface area (Å²) in [6.07, 6.45) is 3.90. The Labute approximate surface area is 126 Å². The molecule has 0 atom stereocenters. The monoisotopic (exact) mass is 383 g/mol. The second kappa shape index (κ2) is 5.68. The molecule has 2 rings (SSSR count). The summed E-state index contributed by atoms with van der Waals surface area (Å²) in [5.41, 5.74) is 0. The zero-order valence-corrected chi connectivity index (χ0v) is 13.9. The van der Waals surface area contributed by atoms with Crippen molar-refractivity contribution in [3.63, 3.8) is 0 Å². The van der Waals surface area contributed by atoms with Crippen molar-refractivity contribution < 1.29 is 16.8 Å². The first kappa shape index (κ1) is 15.8. The number of pyridine rings is 1. The van der Waals surface area contributed by atoms with Gasteiger partial charge < -0.3 is 0 Å². The molecule has 0 amide bonds. The standard InChI is InChI=1S/C10H14BrN3O4S2/c1-19(15,16)13-2-4-14(5-3-13)20(17,18)10-6-9(11)7-12-8-10/h6-8H,2-5H2,1H3.